The number of anilines is 1. The number of hydrogen-bond acceptors (Lipinski definition) is 5. The number of nitrogens with zero attached hydrogens (tertiary/aromatic N) is 3. The van der Waals surface area contributed by atoms with E-state index in [-0.39, 0.29) is 34.8 Å². The number of fused-ring (bicyclic) bond motifs is 1. The number of rotatable bonds is 7. The summed E-state index contributed by atoms with van der Waals surface area (Å²) in [5.41, 5.74) is 5.59. The van der Waals surface area contributed by atoms with Crippen LogP contribution in [0.4, 0.5) is 5.82 Å². The van der Waals surface area contributed by atoms with Crippen LogP contribution in [0.15, 0.2) is 42.5 Å². The smallest absolute Gasteiger partial charge is 0.240 e. The lowest BCUT2D eigenvalue weighted by Gasteiger charge is -2.25. The molecular formula is C31H40N4O3S. The Morgan fingerprint density at radius 2 is 1.87 bits per heavy atom. The molecule has 0 aliphatic carbocycles. The molecule has 0 bridgehead atoms. The van der Waals surface area contributed by atoms with E-state index in [0.29, 0.717) is 18.3 Å². The van der Waals surface area contributed by atoms with Crippen LogP contribution < -0.4 is 15.0 Å². The fourth-order valence-corrected chi connectivity index (χ4v) is 6.08. The summed E-state index contributed by atoms with van der Waals surface area (Å²) in [6, 6.07) is 14.1. The number of carbonyl (C=O) groups is 2. The number of methoxy groups -OCH3 is 1. The van der Waals surface area contributed by atoms with Crippen molar-refractivity contribution in [1.82, 2.24) is 15.1 Å². The molecule has 2 aromatic carbocycles. The second kappa shape index (κ2) is 11.5. The van der Waals surface area contributed by atoms with E-state index in [4.69, 9.17) is 9.84 Å². The molecule has 7 nitrogen and oxygen atoms in total. The third-order valence-electron chi connectivity index (χ3n) is 7.03. The molecule has 4 rings (SSSR count). The van der Waals surface area contributed by atoms with Crippen LogP contribution in [-0.2, 0) is 15.0 Å². The van der Waals surface area contributed by atoms with E-state index < -0.39 is 0 Å². The molecule has 1 aromatic heterocycles. The van der Waals surface area contributed by atoms with Gasteiger partial charge in [0, 0.05) is 23.1 Å². The summed E-state index contributed by atoms with van der Waals surface area (Å²) in [5.74, 6) is 1.64. The van der Waals surface area contributed by atoms with Gasteiger partial charge in [0.05, 0.1) is 29.5 Å². The van der Waals surface area contributed by atoms with Crippen molar-refractivity contribution in [2.45, 2.75) is 59.1 Å². The van der Waals surface area contributed by atoms with Gasteiger partial charge in [-0.2, -0.15) is 5.10 Å². The van der Waals surface area contributed by atoms with Gasteiger partial charge >= 0.3 is 0 Å². The molecule has 0 saturated carbocycles. The standard InChI is InChI=1S/C31H40N4O3S/c1-19(2)16-32-25(36)17-34-26(37)18-39-28(22-13-9-10-15-24(22)38-8)27-29(31(5,6)7)33-35(30(27)34)23-14-11-12-20(3)21(23)4/h9-15,19,28H,16-18H2,1-8H3,(H,32,36)/t28-/m1/s1. The minimum atomic E-state index is -0.327. The van der Waals surface area contributed by atoms with Crippen LogP contribution in [0.1, 0.15) is 67.8 Å². The van der Waals surface area contributed by atoms with Crippen molar-refractivity contribution in [3.8, 4) is 11.4 Å². The Labute approximate surface area is 236 Å². The van der Waals surface area contributed by atoms with E-state index in [9.17, 15) is 9.59 Å². The van der Waals surface area contributed by atoms with Crippen LogP contribution in [0.5, 0.6) is 5.75 Å². The SMILES string of the molecule is COc1ccccc1[C@H]1SCC(=O)N(CC(=O)NCC(C)C)c2c1c(C(C)(C)C)nn2-c1cccc(C)c1C. The lowest BCUT2D eigenvalue weighted by Crippen LogP contribution is -2.43. The predicted octanol–water partition coefficient (Wildman–Crippen LogP) is 5.74. The first kappa shape index (κ1) is 28.7. The number of amides is 2. The molecule has 2 heterocycles. The van der Waals surface area contributed by atoms with Gasteiger partial charge in [0.2, 0.25) is 11.8 Å². The zero-order valence-corrected chi connectivity index (χ0v) is 25.1. The predicted molar refractivity (Wildman–Crippen MR) is 159 cm³/mol. The Hall–Kier alpha value is -3.26. The number of thioether (sulfide) groups is 1. The average Bonchev–Trinajstić information content (AvgIpc) is 3.22. The number of carbonyl (C=O) groups excluding carboxylic acids is 2. The molecule has 208 valence electrons. The van der Waals surface area contributed by atoms with E-state index in [1.54, 1.807) is 23.8 Å². The average molecular weight is 549 g/mol. The highest BCUT2D eigenvalue weighted by atomic mass is 32.2. The number of benzene rings is 2. The lowest BCUT2D eigenvalue weighted by atomic mass is 9.87. The van der Waals surface area contributed by atoms with E-state index in [1.807, 2.05) is 35.0 Å². The molecule has 0 radical (unpaired) electrons. The maximum atomic E-state index is 13.8. The minimum Gasteiger partial charge on any atom is -0.496 e. The third-order valence-corrected chi connectivity index (χ3v) is 8.27. The topological polar surface area (TPSA) is 76.5 Å². The number of nitrogens with one attached hydrogen (secondary N) is 1. The molecule has 0 unspecified atom stereocenters. The maximum absolute atomic E-state index is 13.8. The molecule has 8 heteroatoms. The van der Waals surface area contributed by atoms with Gasteiger partial charge in [-0.3, -0.25) is 14.5 Å². The second-order valence-electron chi connectivity index (χ2n) is 11.6. The van der Waals surface area contributed by atoms with Crippen LogP contribution in [0.2, 0.25) is 0 Å². The van der Waals surface area contributed by atoms with Gasteiger partial charge in [-0.25, -0.2) is 4.68 Å². The number of aryl methyl sites for hydroxylation is 1. The van der Waals surface area contributed by atoms with Gasteiger partial charge in [-0.1, -0.05) is 65.0 Å². The summed E-state index contributed by atoms with van der Waals surface area (Å²) >= 11 is 1.56. The highest BCUT2D eigenvalue weighted by molar-refractivity contribution is 8.00. The Balaban J connectivity index is 2.03. The molecular weight excluding hydrogens is 508 g/mol. The van der Waals surface area contributed by atoms with Crippen LogP contribution in [0.3, 0.4) is 0 Å². The van der Waals surface area contributed by atoms with Crippen molar-refractivity contribution in [1.29, 1.82) is 0 Å². The Morgan fingerprint density at radius 1 is 1.15 bits per heavy atom. The van der Waals surface area contributed by atoms with Crippen molar-refractivity contribution in [3.05, 3.63) is 70.4 Å². The largest absolute Gasteiger partial charge is 0.496 e. The van der Waals surface area contributed by atoms with E-state index in [1.165, 1.54) is 0 Å². The van der Waals surface area contributed by atoms with Crippen molar-refractivity contribution in [2.75, 3.05) is 30.9 Å². The monoisotopic (exact) mass is 548 g/mol. The number of aromatic nitrogens is 2. The van der Waals surface area contributed by atoms with Crippen molar-refractivity contribution in [3.63, 3.8) is 0 Å². The first-order chi connectivity index (χ1) is 18.4. The Morgan fingerprint density at radius 3 is 2.54 bits per heavy atom. The molecule has 0 spiro atoms. The molecule has 3 aromatic rings. The molecule has 39 heavy (non-hydrogen) atoms. The van der Waals surface area contributed by atoms with Crippen LogP contribution in [0, 0.1) is 19.8 Å². The zero-order valence-electron chi connectivity index (χ0n) is 24.3. The van der Waals surface area contributed by atoms with Gasteiger partial charge < -0.3 is 10.1 Å². The first-order valence-corrected chi connectivity index (χ1v) is 14.5. The summed E-state index contributed by atoms with van der Waals surface area (Å²) in [6.07, 6.45) is 0. The van der Waals surface area contributed by atoms with Crippen LogP contribution in [-0.4, -0.2) is 47.5 Å². The molecule has 0 fully saturated rings. The van der Waals surface area contributed by atoms with Gasteiger partial charge in [0.25, 0.3) is 0 Å². The number of hydrogen-bond donors (Lipinski definition) is 1. The maximum Gasteiger partial charge on any atom is 0.240 e. The van der Waals surface area contributed by atoms with Gasteiger partial charge in [-0.05, 0) is 43.0 Å². The molecule has 1 aliphatic heterocycles. The zero-order chi connectivity index (χ0) is 28.5. The van der Waals surface area contributed by atoms with Gasteiger partial charge in [-0.15, -0.1) is 11.8 Å². The van der Waals surface area contributed by atoms with E-state index in [0.717, 1.165) is 39.4 Å². The highest BCUT2D eigenvalue weighted by Crippen LogP contribution is 2.50. The van der Waals surface area contributed by atoms with Crippen molar-refractivity contribution < 1.29 is 14.3 Å². The second-order valence-corrected chi connectivity index (χ2v) is 12.7. The minimum absolute atomic E-state index is 0.0715. The number of para-hydroxylation sites is 1. The van der Waals surface area contributed by atoms with Crippen LogP contribution >= 0.6 is 11.8 Å². The van der Waals surface area contributed by atoms with E-state index >= 15 is 0 Å². The summed E-state index contributed by atoms with van der Waals surface area (Å²) in [6.45, 7) is 15.1. The van der Waals surface area contributed by atoms with Gasteiger partial charge in [0.1, 0.15) is 18.1 Å². The van der Waals surface area contributed by atoms with Crippen LogP contribution in [0.25, 0.3) is 5.69 Å². The molecule has 1 aliphatic rings. The molecule has 1 N–H and O–H groups in total. The third kappa shape index (κ3) is 5.86. The number of ether oxygens (including phenoxy) is 1. The molecule has 2 amide bonds. The lowest BCUT2D eigenvalue weighted by molar-refractivity contribution is -0.123. The van der Waals surface area contributed by atoms with Crippen molar-refractivity contribution in [2.24, 2.45) is 5.92 Å². The molecule has 1 atom stereocenters. The Kier molecular flexibility index (Phi) is 8.45. The fourth-order valence-electron chi connectivity index (χ4n) is 4.85. The summed E-state index contributed by atoms with van der Waals surface area (Å²) < 4.78 is 7.66. The quantitative estimate of drug-likeness (QED) is 0.408. The fraction of sp³-hybridized carbons (Fsp3) is 0.452. The van der Waals surface area contributed by atoms with E-state index in [2.05, 4.69) is 65.9 Å². The highest BCUT2D eigenvalue weighted by Gasteiger charge is 2.40. The Bertz CT molecular complexity index is 1370. The summed E-state index contributed by atoms with van der Waals surface area (Å²) in [7, 11) is 1.67. The molecule has 0 saturated heterocycles. The summed E-state index contributed by atoms with van der Waals surface area (Å²) in [4.78, 5) is 28.6. The van der Waals surface area contributed by atoms with Gasteiger partial charge in [0.15, 0.2) is 0 Å². The van der Waals surface area contributed by atoms with Crippen molar-refractivity contribution >= 4 is 29.4 Å². The first-order valence-electron chi connectivity index (χ1n) is 13.5. The summed E-state index contributed by atoms with van der Waals surface area (Å²) in [5, 5.41) is 7.99. The normalized spacial score (nSPS) is 15.8.